The highest BCUT2D eigenvalue weighted by Crippen LogP contribution is 2.31. The molecule has 2 aromatic carbocycles. The molecule has 0 aromatic heterocycles. The lowest BCUT2D eigenvalue weighted by Crippen LogP contribution is -2.14. The van der Waals surface area contributed by atoms with Crippen LogP contribution in [0.5, 0.6) is 5.75 Å². The number of carbonyl (C=O) groups is 2. The molecule has 0 heterocycles. The van der Waals surface area contributed by atoms with Crippen molar-refractivity contribution in [3.05, 3.63) is 67.3 Å². The molecular weight excluding hydrogens is 362 g/mol. The fourth-order valence-electron chi connectivity index (χ4n) is 2.27. The molecule has 0 aliphatic rings. The largest absolute Gasteiger partial charge is 0.506 e. The van der Waals surface area contributed by atoms with Crippen molar-refractivity contribution in [2.75, 3.05) is 12.4 Å². The van der Waals surface area contributed by atoms with Crippen molar-refractivity contribution in [1.82, 2.24) is 0 Å². The van der Waals surface area contributed by atoms with Gasteiger partial charge in [-0.2, -0.15) is 0 Å². The number of ether oxygens (including phenoxy) is 1. The van der Waals surface area contributed by atoms with E-state index in [1.54, 1.807) is 0 Å². The maximum atomic E-state index is 12.3. The number of benzene rings is 2. The van der Waals surface area contributed by atoms with Gasteiger partial charge in [-0.3, -0.25) is 25.0 Å². The summed E-state index contributed by atoms with van der Waals surface area (Å²) in [4.78, 5) is 44.2. The maximum Gasteiger partial charge on any atom is 0.337 e. The average Bonchev–Trinajstić information content (AvgIpc) is 2.62. The van der Waals surface area contributed by atoms with Crippen LogP contribution in [0, 0.1) is 27.2 Å². The molecule has 2 N–H and O–H groups in total. The minimum absolute atomic E-state index is 0.0367. The maximum absolute atomic E-state index is 12.3. The Balaban J connectivity index is 2.40. The minimum atomic E-state index is -0.915. The van der Waals surface area contributed by atoms with Crippen molar-refractivity contribution in [1.29, 1.82) is 0 Å². The van der Waals surface area contributed by atoms with Crippen LogP contribution in [0.2, 0.25) is 0 Å². The Morgan fingerprint density at radius 2 is 1.59 bits per heavy atom. The molecule has 11 heteroatoms. The van der Waals surface area contributed by atoms with Crippen LogP contribution < -0.4 is 5.32 Å². The molecule has 1 amide bonds. The molecule has 0 aliphatic carbocycles. The van der Waals surface area contributed by atoms with Crippen LogP contribution in [0.1, 0.15) is 26.3 Å². The van der Waals surface area contributed by atoms with Crippen LogP contribution in [0.4, 0.5) is 17.1 Å². The lowest BCUT2D eigenvalue weighted by molar-refractivity contribution is -0.395. The monoisotopic (exact) mass is 375 g/mol. The number of amides is 1. The Morgan fingerprint density at radius 1 is 1.04 bits per heavy atom. The molecule has 11 nitrogen and oxygen atoms in total. The van der Waals surface area contributed by atoms with Gasteiger partial charge in [-0.05, 0) is 25.1 Å². The van der Waals surface area contributed by atoms with Gasteiger partial charge in [0.15, 0.2) is 0 Å². The van der Waals surface area contributed by atoms with E-state index < -0.39 is 38.8 Å². The fraction of sp³-hybridized carbons (Fsp3) is 0.125. The first-order valence-corrected chi connectivity index (χ1v) is 7.31. The highest BCUT2D eigenvalue weighted by atomic mass is 16.6. The van der Waals surface area contributed by atoms with Gasteiger partial charge in [0.1, 0.15) is 11.3 Å². The van der Waals surface area contributed by atoms with E-state index in [-0.39, 0.29) is 22.4 Å². The van der Waals surface area contributed by atoms with Crippen molar-refractivity contribution >= 4 is 28.9 Å². The molecule has 2 aromatic rings. The SMILES string of the molecule is COC(=O)c1ccc(NC(=O)c2cc([N+](=O)[O-])c(C)c([N+](=O)[O-])c2)c(O)c1. The minimum Gasteiger partial charge on any atom is -0.506 e. The van der Waals surface area contributed by atoms with Crippen LogP contribution in [0.25, 0.3) is 0 Å². The first-order valence-electron chi connectivity index (χ1n) is 7.31. The molecule has 0 saturated carbocycles. The number of aromatic hydroxyl groups is 1. The van der Waals surface area contributed by atoms with Crippen molar-refractivity contribution in [2.45, 2.75) is 6.92 Å². The number of carbonyl (C=O) groups excluding carboxylic acids is 2. The van der Waals surface area contributed by atoms with E-state index in [0.717, 1.165) is 25.3 Å². The fourth-order valence-corrected chi connectivity index (χ4v) is 2.27. The normalized spacial score (nSPS) is 10.1. The van der Waals surface area contributed by atoms with Crippen LogP contribution in [0.3, 0.4) is 0 Å². The van der Waals surface area contributed by atoms with Gasteiger partial charge < -0.3 is 15.2 Å². The molecule has 0 bridgehead atoms. The molecule has 0 fully saturated rings. The van der Waals surface area contributed by atoms with E-state index >= 15 is 0 Å². The molecule has 27 heavy (non-hydrogen) atoms. The van der Waals surface area contributed by atoms with Crippen LogP contribution in [-0.4, -0.2) is 33.9 Å². The van der Waals surface area contributed by atoms with Crippen molar-refractivity contribution in [3.63, 3.8) is 0 Å². The van der Waals surface area contributed by atoms with Crippen molar-refractivity contribution < 1.29 is 29.3 Å². The number of nitrogens with zero attached hydrogens (tertiary/aromatic N) is 2. The second-order valence-electron chi connectivity index (χ2n) is 5.33. The van der Waals surface area contributed by atoms with Crippen LogP contribution in [0.15, 0.2) is 30.3 Å². The van der Waals surface area contributed by atoms with Gasteiger partial charge in [0.05, 0.1) is 33.8 Å². The van der Waals surface area contributed by atoms with Crippen LogP contribution in [-0.2, 0) is 4.74 Å². The van der Waals surface area contributed by atoms with Gasteiger partial charge >= 0.3 is 5.97 Å². The highest BCUT2D eigenvalue weighted by molar-refractivity contribution is 6.06. The summed E-state index contributed by atoms with van der Waals surface area (Å²) in [6, 6.07) is 5.36. The molecule has 2 rings (SSSR count). The van der Waals surface area contributed by atoms with Gasteiger partial charge in [-0.1, -0.05) is 0 Å². The highest BCUT2D eigenvalue weighted by Gasteiger charge is 2.25. The molecule has 0 radical (unpaired) electrons. The van der Waals surface area contributed by atoms with Gasteiger partial charge in [-0.25, -0.2) is 4.79 Å². The van der Waals surface area contributed by atoms with E-state index in [1.165, 1.54) is 19.1 Å². The second-order valence-corrected chi connectivity index (χ2v) is 5.33. The predicted molar refractivity (Wildman–Crippen MR) is 91.9 cm³/mol. The van der Waals surface area contributed by atoms with Gasteiger partial charge in [0.2, 0.25) is 0 Å². The summed E-state index contributed by atoms with van der Waals surface area (Å²) >= 11 is 0. The molecule has 140 valence electrons. The lowest BCUT2D eigenvalue weighted by atomic mass is 10.1. The number of phenols is 1. The van der Waals surface area contributed by atoms with E-state index in [2.05, 4.69) is 10.1 Å². The smallest absolute Gasteiger partial charge is 0.337 e. The van der Waals surface area contributed by atoms with Gasteiger partial charge in [0.25, 0.3) is 17.3 Å². The summed E-state index contributed by atoms with van der Waals surface area (Å²) in [6.07, 6.45) is 0. The van der Waals surface area contributed by atoms with Gasteiger partial charge in [-0.15, -0.1) is 0 Å². The summed E-state index contributed by atoms with van der Waals surface area (Å²) in [5.41, 5.74) is -1.75. The zero-order valence-corrected chi connectivity index (χ0v) is 14.1. The van der Waals surface area contributed by atoms with Gasteiger partial charge in [0, 0.05) is 12.1 Å². The number of hydrogen-bond acceptors (Lipinski definition) is 8. The molecular formula is C16H13N3O8. The van der Waals surface area contributed by atoms with E-state index in [1.807, 2.05) is 0 Å². The lowest BCUT2D eigenvalue weighted by Gasteiger charge is -2.09. The molecule has 0 aliphatic heterocycles. The first kappa shape index (κ1) is 19.3. The van der Waals surface area contributed by atoms with Crippen LogP contribution >= 0.6 is 0 Å². The Bertz CT molecular complexity index is 935. The van der Waals surface area contributed by atoms with E-state index in [4.69, 9.17) is 0 Å². The zero-order chi connectivity index (χ0) is 20.3. The molecule has 0 saturated heterocycles. The summed E-state index contributed by atoms with van der Waals surface area (Å²) in [5.74, 6) is -2.07. The summed E-state index contributed by atoms with van der Waals surface area (Å²) in [5, 5.41) is 34.4. The third-order valence-corrected chi connectivity index (χ3v) is 3.68. The summed E-state index contributed by atoms with van der Waals surface area (Å²) < 4.78 is 4.50. The quantitative estimate of drug-likeness (QED) is 0.348. The first-order chi connectivity index (χ1) is 12.6. The third kappa shape index (κ3) is 3.98. The standard InChI is InChI=1S/C16H13N3O8/c1-8-12(18(23)24)5-10(6-13(8)19(25)26)15(21)17-11-4-3-9(7-14(11)20)16(22)27-2/h3-7,20H,1-2H3,(H,17,21). The Morgan fingerprint density at radius 3 is 2.04 bits per heavy atom. The number of esters is 1. The number of phenolic OH excluding ortho intramolecular Hbond substituents is 1. The second kappa shape index (κ2) is 7.47. The Labute approximate surface area is 151 Å². The van der Waals surface area contributed by atoms with Crippen molar-refractivity contribution in [2.24, 2.45) is 0 Å². The van der Waals surface area contributed by atoms with E-state index in [0.29, 0.717) is 0 Å². The molecule has 0 atom stereocenters. The number of nitro benzene ring substituents is 2. The van der Waals surface area contributed by atoms with Crippen molar-refractivity contribution in [3.8, 4) is 5.75 Å². The summed E-state index contributed by atoms with van der Waals surface area (Å²) in [7, 11) is 1.16. The number of methoxy groups -OCH3 is 1. The number of nitrogens with one attached hydrogen (secondary N) is 1. The average molecular weight is 375 g/mol. The number of anilines is 1. The zero-order valence-electron chi connectivity index (χ0n) is 14.1. The number of hydrogen-bond donors (Lipinski definition) is 2. The number of rotatable bonds is 5. The number of nitro groups is 2. The molecule has 0 spiro atoms. The Kier molecular flexibility index (Phi) is 5.34. The summed E-state index contributed by atoms with van der Waals surface area (Å²) in [6.45, 7) is 1.20. The third-order valence-electron chi connectivity index (χ3n) is 3.68. The predicted octanol–water partition coefficient (Wildman–Crippen LogP) is 2.56. The van der Waals surface area contributed by atoms with E-state index in [9.17, 15) is 34.9 Å². The topological polar surface area (TPSA) is 162 Å². The molecule has 0 unspecified atom stereocenters. The Hall–Kier alpha value is -4.02.